The van der Waals surface area contributed by atoms with Gasteiger partial charge in [-0.15, -0.1) is 0 Å². The van der Waals surface area contributed by atoms with Gasteiger partial charge in [0.2, 0.25) is 5.91 Å². The van der Waals surface area contributed by atoms with E-state index < -0.39 is 5.41 Å². The van der Waals surface area contributed by atoms with Gasteiger partial charge < -0.3 is 16.3 Å². The Morgan fingerprint density at radius 1 is 1.19 bits per heavy atom. The van der Waals surface area contributed by atoms with Crippen LogP contribution in [-0.4, -0.2) is 23.0 Å². The van der Waals surface area contributed by atoms with E-state index >= 15 is 0 Å². The lowest BCUT2D eigenvalue weighted by molar-refractivity contribution is -0.130. The molecule has 0 aromatic heterocycles. The van der Waals surface area contributed by atoms with Crippen molar-refractivity contribution in [2.24, 2.45) is 28.1 Å². The first-order valence-corrected chi connectivity index (χ1v) is 8.30. The molecule has 2 rings (SSSR count). The minimum absolute atomic E-state index is 0.0385. The SMILES string of the molecule is CC1CCCC(NC(=O)C2(C(N)=NO)CCCCC2)C1C. The van der Waals surface area contributed by atoms with Crippen LogP contribution in [-0.2, 0) is 4.79 Å². The van der Waals surface area contributed by atoms with Crippen LogP contribution in [0.25, 0.3) is 0 Å². The van der Waals surface area contributed by atoms with Crippen LogP contribution in [0.3, 0.4) is 0 Å². The van der Waals surface area contributed by atoms with Crippen LogP contribution in [0.15, 0.2) is 5.16 Å². The predicted molar refractivity (Wildman–Crippen MR) is 83.0 cm³/mol. The number of hydrogen-bond donors (Lipinski definition) is 3. The first-order chi connectivity index (χ1) is 10.0. The maximum Gasteiger partial charge on any atom is 0.234 e. The maximum absolute atomic E-state index is 12.9. The Labute approximate surface area is 127 Å². The summed E-state index contributed by atoms with van der Waals surface area (Å²) in [6, 6.07) is 0.214. The van der Waals surface area contributed by atoms with Gasteiger partial charge in [0, 0.05) is 6.04 Å². The molecule has 2 aliphatic carbocycles. The summed E-state index contributed by atoms with van der Waals surface area (Å²) >= 11 is 0. The molecular formula is C16H29N3O2. The molecule has 5 nitrogen and oxygen atoms in total. The summed E-state index contributed by atoms with van der Waals surface area (Å²) in [5.74, 6) is 1.16. The fourth-order valence-corrected chi connectivity index (χ4v) is 3.94. The third-order valence-corrected chi connectivity index (χ3v) is 5.76. The first kappa shape index (κ1) is 16.1. The highest BCUT2D eigenvalue weighted by atomic mass is 16.4. The van der Waals surface area contributed by atoms with Crippen LogP contribution < -0.4 is 11.1 Å². The van der Waals surface area contributed by atoms with Crippen molar-refractivity contribution >= 4 is 11.7 Å². The van der Waals surface area contributed by atoms with Gasteiger partial charge in [0.15, 0.2) is 5.84 Å². The highest BCUT2D eigenvalue weighted by molar-refractivity contribution is 6.06. The average molecular weight is 295 g/mol. The van der Waals surface area contributed by atoms with Crippen molar-refractivity contribution in [1.29, 1.82) is 0 Å². The summed E-state index contributed by atoms with van der Waals surface area (Å²) in [7, 11) is 0. The number of amidine groups is 1. The number of nitrogens with zero attached hydrogens (tertiary/aromatic N) is 1. The number of carbonyl (C=O) groups excluding carboxylic acids is 1. The van der Waals surface area contributed by atoms with Crippen molar-refractivity contribution in [2.45, 2.75) is 71.3 Å². The van der Waals surface area contributed by atoms with Crippen molar-refractivity contribution in [3.63, 3.8) is 0 Å². The van der Waals surface area contributed by atoms with Gasteiger partial charge in [0.1, 0.15) is 5.41 Å². The highest BCUT2D eigenvalue weighted by Gasteiger charge is 2.45. The summed E-state index contributed by atoms with van der Waals surface area (Å²) in [4.78, 5) is 12.9. The van der Waals surface area contributed by atoms with E-state index in [1.807, 2.05) is 0 Å². The van der Waals surface area contributed by atoms with Gasteiger partial charge in [-0.25, -0.2) is 0 Å². The molecule has 0 aliphatic heterocycles. The minimum Gasteiger partial charge on any atom is -0.409 e. The molecular weight excluding hydrogens is 266 g/mol. The molecule has 0 spiro atoms. The molecule has 0 bridgehead atoms. The maximum atomic E-state index is 12.9. The minimum atomic E-state index is -0.798. The molecule has 2 saturated carbocycles. The molecule has 1 amide bonds. The molecule has 0 radical (unpaired) electrons. The summed E-state index contributed by atoms with van der Waals surface area (Å²) in [6.07, 6.45) is 7.83. The Kier molecular flexibility index (Phi) is 5.12. The fraction of sp³-hybridized carbons (Fsp3) is 0.875. The zero-order chi connectivity index (χ0) is 15.5. The van der Waals surface area contributed by atoms with Gasteiger partial charge in [-0.1, -0.05) is 51.1 Å². The van der Waals surface area contributed by atoms with Crippen molar-refractivity contribution in [1.82, 2.24) is 5.32 Å². The van der Waals surface area contributed by atoms with E-state index in [0.29, 0.717) is 24.7 Å². The highest BCUT2D eigenvalue weighted by Crippen LogP contribution is 2.38. The largest absolute Gasteiger partial charge is 0.409 e. The van der Waals surface area contributed by atoms with Gasteiger partial charge in [-0.3, -0.25) is 4.79 Å². The van der Waals surface area contributed by atoms with Crippen LogP contribution in [0.2, 0.25) is 0 Å². The Balaban J connectivity index is 2.12. The summed E-state index contributed by atoms with van der Waals surface area (Å²) in [5.41, 5.74) is 5.09. The molecule has 21 heavy (non-hydrogen) atoms. The Hall–Kier alpha value is -1.26. The van der Waals surface area contributed by atoms with Crippen LogP contribution >= 0.6 is 0 Å². The predicted octanol–water partition coefficient (Wildman–Crippen LogP) is 2.62. The van der Waals surface area contributed by atoms with Crippen LogP contribution in [0, 0.1) is 17.3 Å². The lowest BCUT2D eigenvalue weighted by Gasteiger charge is -2.39. The van der Waals surface area contributed by atoms with E-state index in [9.17, 15) is 4.79 Å². The zero-order valence-corrected chi connectivity index (χ0v) is 13.3. The topological polar surface area (TPSA) is 87.7 Å². The quantitative estimate of drug-likeness (QED) is 0.324. The summed E-state index contributed by atoms with van der Waals surface area (Å²) < 4.78 is 0. The molecule has 2 fully saturated rings. The van der Waals surface area contributed by atoms with Gasteiger partial charge in [-0.2, -0.15) is 0 Å². The normalized spacial score (nSPS) is 33.4. The molecule has 120 valence electrons. The van der Waals surface area contributed by atoms with E-state index in [1.165, 1.54) is 6.42 Å². The first-order valence-electron chi connectivity index (χ1n) is 8.30. The van der Waals surface area contributed by atoms with Gasteiger partial charge in [-0.05, 0) is 31.1 Å². The van der Waals surface area contributed by atoms with E-state index in [0.717, 1.165) is 32.1 Å². The Morgan fingerprint density at radius 2 is 1.86 bits per heavy atom. The van der Waals surface area contributed by atoms with Crippen LogP contribution in [0.1, 0.15) is 65.2 Å². The van der Waals surface area contributed by atoms with Crippen molar-refractivity contribution < 1.29 is 10.0 Å². The molecule has 5 heteroatoms. The van der Waals surface area contributed by atoms with E-state index in [2.05, 4.69) is 24.3 Å². The number of nitrogens with two attached hydrogens (primary N) is 1. The molecule has 0 aromatic carbocycles. The van der Waals surface area contributed by atoms with Crippen LogP contribution in [0.4, 0.5) is 0 Å². The van der Waals surface area contributed by atoms with Gasteiger partial charge in [0.25, 0.3) is 0 Å². The second-order valence-corrected chi connectivity index (χ2v) is 6.98. The van der Waals surface area contributed by atoms with Crippen molar-refractivity contribution in [3.8, 4) is 0 Å². The Morgan fingerprint density at radius 3 is 2.48 bits per heavy atom. The second kappa shape index (κ2) is 6.67. The molecule has 0 aromatic rings. The van der Waals surface area contributed by atoms with Gasteiger partial charge in [0.05, 0.1) is 0 Å². The van der Waals surface area contributed by atoms with E-state index in [4.69, 9.17) is 10.9 Å². The lowest BCUT2D eigenvalue weighted by atomic mass is 9.71. The molecule has 0 saturated heterocycles. The van der Waals surface area contributed by atoms with Crippen molar-refractivity contribution in [3.05, 3.63) is 0 Å². The number of rotatable bonds is 3. The van der Waals surface area contributed by atoms with Crippen molar-refractivity contribution in [2.75, 3.05) is 0 Å². The third-order valence-electron chi connectivity index (χ3n) is 5.76. The number of amides is 1. The average Bonchev–Trinajstić information content (AvgIpc) is 2.51. The standard InChI is InChI=1S/C16H29N3O2/c1-11-7-6-8-13(12(11)2)18-15(20)16(14(17)19-21)9-4-3-5-10-16/h11-13,21H,3-10H2,1-2H3,(H2,17,19)(H,18,20). The molecule has 4 N–H and O–H groups in total. The monoisotopic (exact) mass is 295 g/mol. The third kappa shape index (κ3) is 3.16. The molecule has 3 atom stereocenters. The summed E-state index contributed by atoms with van der Waals surface area (Å²) in [6.45, 7) is 4.47. The van der Waals surface area contributed by atoms with Gasteiger partial charge >= 0.3 is 0 Å². The fourth-order valence-electron chi connectivity index (χ4n) is 3.94. The number of carbonyl (C=O) groups is 1. The van der Waals surface area contributed by atoms with E-state index in [1.54, 1.807) is 0 Å². The summed E-state index contributed by atoms with van der Waals surface area (Å²) in [5, 5.41) is 15.5. The number of hydrogen-bond acceptors (Lipinski definition) is 3. The zero-order valence-electron chi connectivity index (χ0n) is 13.3. The molecule has 0 heterocycles. The smallest absolute Gasteiger partial charge is 0.234 e. The number of nitrogens with one attached hydrogen (secondary N) is 1. The number of oxime groups is 1. The lowest BCUT2D eigenvalue weighted by Crippen LogP contribution is -2.55. The van der Waals surface area contributed by atoms with Crippen LogP contribution in [0.5, 0.6) is 0 Å². The second-order valence-electron chi connectivity index (χ2n) is 6.98. The van der Waals surface area contributed by atoms with E-state index in [-0.39, 0.29) is 17.8 Å². The molecule has 2 aliphatic rings. The Bertz CT molecular complexity index is 402. The molecule has 3 unspecified atom stereocenters.